The van der Waals surface area contributed by atoms with Gasteiger partial charge in [-0.25, -0.2) is 0 Å². The van der Waals surface area contributed by atoms with Gasteiger partial charge < -0.3 is 10.4 Å². The van der Waals surface area contributed by atoms with Gasteiger partial charge in [-0.2, -0.15) is 4.80 Å². The Hall–Kier alpha value is -3.06. The van der Waals surface area contributed by atoms with E-state index >= 15 is 0 Å². The number of tetrazole rings is 1. The highest BCUT2D eigenvalue weighted by Gasteiger charge is 2.08. The summed E-state index contributed by atoms with van der Waals surface area (Å²) in [4.78, 5) is 13.3. The maximum Gasteiger partial charge on any atom is 0.243 e. The molecule has 0 bridgehead atoms. The first-order chi connectivity index (χ1) is 12.2. The molecule has 7 heteroatoms. The molecule has 0 radical (unpaired) electrons. The van der Waals surface area contributed by atoms with Gasteiger partial charge in [0, 0.05) is 12.1 Å². The fourth-order valence-corrected chi connectivity index (χ4v) is 2.35. The molecule has 0 saturated carbocycles. The van der Waals surface area contributed by atoms with Crippen LogP contribution < -0.4 is 5.32 Å². The van der Waals surface area contributed by atoms with Crippen molar-refractivity contribution in [3.05, 3.63) is 65.7 Å². The Balaban J connectivity index is 1.47. The minimum atomic E-state index is -0.163. The fraction of sp³-hybridized carbons (Fsp3) is 0.222. The van der Waals surface area contributed by atoms with E-state index in [1.807, 2.05) is 54.6 Å². The first-order valence-electron chi connectivity index (χ1n) is 8.03. The molecule has 0 aliphatic rings. The number of aliphatic hydroxyl groups is 1. The predicted molar refractivity (Wildman–Crippen MR) is 92.3 cm³/mol. The summed E-state index contributed by atoms with van der Waals surface area (Å²) in [5, 5.41) is 23.9. The molecule has 7 nitrogen and oxygen atoms in total. The summed E-state index contributed by atoms with van der Waals surface area (Å²) < 4.78 is 0. The van der Waals surface area contributed by atoms with E-state index < -0.39 is 0 Å². The normalized spacial score (nSPS) is 10.6. The zero-order valence-electron chi connectivity index (χ0n) is 13.7. The number of carbonyl (C=O) groups is 1. The van der Waals surface area contributed by atoms with Crippen LogP contribution in [0.1, 0.15) is 11.1 Å². The molecule has 1 amide bonds. The first-order valence-corrected chi connectivity index (χ1v) is 8.03. The minimum Gasteiger partial charge on any atom is -0.392 e. The van der Waals surface area contributed by atoms with E-state index in [-0.39, 0.29) is 19.1 Å². The van der Waals surface area contributed by atoms with E-state index in [1.165, 1.54) is 4.80 Å². The molecule has 0 saturated heterocycles. The quantitative estimate of drug-likeness (QED) is 0.675. The summed E-state index contributed by atoms with van der Waals surface area (Å²) in [6, 6.07) is 17.1. The molecule has 0 aliphatic carbocycles. The molecule has 0 atom stereocenters. The predicted octanol–water partition coefficient (Wildman–Crippen LogP) is 1.19. The maximum absolute atomic E-state index is 12.0. The molecular formula is C18H19N5O2. The monoisotopic (exact) mass is 337 g/mol. The number of rotatable bonds is 7. The first kappa shape index (κ1) is 16.8. The van der Waals surface area contributed by atoms with Crippen LogP contribution in [0.3, 0.4) is 0 Å². The van der Waals surface area contributed by atoms with Gasteiger partial charge in [0.1, 0.15) is 6.54 Å². The van der Waals surface area contributed by atoms with Crippen LogP contribution in [-0.2, 0) is 24.4 Å². The molecule has 1 aromatic heterocycles. The Labute approximate surface area is 145 Å². The van der Waals surface area contributed by atoms with E-state index in [9.17, 15) is 4.79 Å². The second-order valence-electron chi connectivity index (χ2n) is 5.58. The average molecular weight is 337 g/mol. The highest BCUT2D eigenvalue weighted by molar-refractivity contribution is 5.75. The number of nitrogens with zero attached hydrogens (tertiary/aromatic N) is 4. The number of benzene rings is 2. The third-order valence-corrected chi connectivity index (χ3v) is 3.71. The largest absolute Gasteiger partial charge is 0.392 e. The molecular weight excluding hydrogens is 318 g/mol. The van der Waals surface area contributed by atoms with Crippen LogP contribution in [0.15, 0.2) is 54.6 Å². The van der Waals surface area contributed by atoms with Crippen LogP contribution in [-0.4, -0.2) is 37.8 Å². The minimum absolute atomic E-state index is 0.0310. The van der Waals surface area contributed by atoms with Crippen molar-refractivity contribution >= 4 is 5.91 Å². The van der Waals surface area contributed by atoms with Gasteiger partial charge in [-0.15, -0.1) is 10.2 Å². The van der Waals surface area contributed by atoms with Crippen LogP contribution in [0, 0.1) is 0 Å². The molecule has 128 valence electrons. The third kappa shape index (κ3) is 4.71. The fourth-order valence-electron chi connectivity index (χ4n) is 2.35. The zero-order chi connectivity index (χ0) is 17.5. The highest BCUT2D eigenvalue weighted by atomic mass is 16.3. The molecule has 2 aromatic carbocycles. The number of carbonyl (C=O) groups excluding carboxylic acids is 1. The van der Waals surface area contributed by atoms with Crippen molar-refractivity contribution in [1.82, 2.24) is 25.5 Å². The van der Waals surface area contributed by atoms with Crippen molar-refractivity contribution in [1.29, 1.82) is 0 Å². The van der Waals surface area contributed by atoms with Crippen molar-refractivity contribution in [3.8, 4) is 11.4 Å². The van der Waals surface area contributed by atoms with Gasteiger partial charge in [0.25, 0.3) is 0 Å². The topological polar surface area (TPSA) is 92.9 Å². The molecule has 0 spiro atoms. The Morgan fingerprint density at radius 3 is 2.48 bits per heavy atom. The lowest BCUT2D eigenvalue weighted by Crippen LogP contribution is -2.30. The van der Waals surface area contributed by atoms with Crippen molar-refractivity contribution in [2.45, 2.75) is 19.6 Å². The lowest BCUT2D eigenvalue weighted by molar-refractivity contribution is -0.122. The van der Waals surface area contributed by atoms with E-state index in [2.05, 4.69) is 20.7 Å². The lowest BCUT2D eigenvalue weighted by atomic mass is 10.1. The Bertz CT molecular complexity index is 815. The van der Waals surface area contributed by atoms with E-state index in [0.29, 0.717) is 12.4 Å². The van der Waals surface area contributed by atoms with Crippen molar-refractivity contribution in [2.75, 3.05) is 6.54 Å². The standard InChI is InChI=1S/C18H19N5O2/c24-13-15-8-6-14(7-9-15)10-11-19-17(25)12-23-21-18(20-22-23)16-4-2-1-3-5-16/h1-9,24H,10-13H2,(H,19,25). The van der Waals surface area contributed by atoms with E-state index in [0.717, 1.165) is 23.1 Å². The summed E-state index contributed by atoms with van der Waals surface area (Å²) >= 11 is 0. The van der Waals surface area contributed by atoms with Crippen LogP contribution in [0.25, 0.3) is 11.4 Å². The van der Waals surface area contributed by atoms with Crippen molar-refractivity contribution in [2.24, 2.45) is 0 Å². The van der Waals surface area contributed by atoms with E-state index in [1.54, 1.807) is 0 Å². The van der Waals surface area contributed by atoms with Gasteiger partial charge in [0.2, 0.25) is 11.7 Å². The third-order valence-electron chi connectivity index (χ3n) is 3.71. The number of amides is 1. The SMILES string of the molecule is O=C(Cn1nnc(-c2ccccc2)n1)NCCc1ccc(CO)cc1. The molecule has 25 heavy (non-hydrogen) atoms. The molecule has 0 fully saturated rings. The second kappa shape index (κ2) is 8.16. The van der Waals surface area contributed by atoms with Crippen LogP contribution in [0.5, 0.6) is 0 Å². The summed E-state index contributed by atoms with van der Waals surface area (Å²) in [7, 11) is 0. The number of hydrogen-bond acceptors (Lipinski definition) is 5. The molecule has 2 N–H and O–H groups in total. The number of aliphatic hydroxyl groups excluding tert-OH is 1. The Morgan fingerprint density at radius 2 is 1.76 bits per heavy atom. The molecule has 3 aromatic rings. The summed E-state index contributed by atoms with van der Waals surface area (Å²) in [5.41, 5.74) is 2.84. The van der Waals surface area contributed by atoms with Gasteiger partial charge >= 0.3 is 0 Å². The molecule has 3 rings (SSSR count). The van der Waals surface area contributed by atoms with Crippen LogP contribution in [0.2, 0.25) is 0 Å². The number of aromatic nitrogens is 4. The van der Waals surface area contributed by atoms with Crippen molar-refractivity contribution < 1.29 is 9.90 Å². The average Bonchev–Trinajstić information content (AvgIpc) is 3.11. The van der Waals surface area contributed by atoms with Crippen molar-refractivity contribution in [3.63, 3.8) is 0 Å². The molecule has 0 unspecified atom stereocenters. The van der Waals surface area contributed by atoms with Crippen LogP contribution >= 0.6 is 0 Å². The highest BCUT2D eigenvalue weighted by Crippen LogP contribution is 2.11. The van der Waals surface area contributed by atoms with Gasteiger partial charge in [0.05, 0.1) is 6.61 Å². The number of hydrogen-bond donors (Lipinski definition) is 2. The van der Waals surface area contributed by atoms with Crippen LogP contribution in [0.4, 0.5) is 0 Å². The van der Waals surface area contributed by atoms with Gasteiger partial charge in [-0.3, -0.25) is 4.79 Å². The zero-order valence-corrected chi connectivity index (χ0v) is 13.7. The Morgan fingerprint density at radius 1 is 1.04 bits per heavy atom. The van der Waals surface area contributed by atoms with Gasteiger partial charge in [0.15, 0.2) is 0 Å². The van der Waals surface area contributed by atoms with Gasteiger partial charge in [-0.1, -0.05) is 54.6 Å². The van der Waals surface area contributed by atoms with E-state index in [4.69, 9.17) is 5.11 Å². The smallest absolute Gasteiger partial charge is 0.243 e. The number of nitrogens with one attached hydrogen (secondary N) is 1. The molecule has 0 aliphatic heterocycles. The molecule has 1 heterocycles. The Kier molecular flexibility index (Phi) is 5.48. The van der Waals surface area contributed by atoms with Gasteiger partial charge in [-0.05, 0) is 22.8 Å². The summed E-state index contributed by atoms with van der Waals surface area (Å²) in [5.74, 6) is 0.335. The second-order valence-corrected chi connectivity index (χ2v) is 5.58. The maximum atomic E-state index is 12.0. The lowest BCUT2D eigenvalue weighted by Gasteiger charge is -2.05. The summed E-state index contributed by atoms with van der Waals surface area (Å²) in [6.45, 7) is 0.591. The summed E-state index contributed by atoms with van der Waals surface area (Å²) in [6.07, 6.45) is 0.720.